The van der Waals surface area contributed by atoms with E-state index in [1.54, 1.807) is 0 Å². The Morgan fingerprint density at radius 2 is 1.41 bits per heavy atom. The molecule has 3 aromatic carbocycles. The van der Waals surface area contributed by atoms with Crippen LogP contribution >= 0.6 is 0 Å². The van der Waals surface area contributed by atoms with Crippen LogP contribution in [0.2, 0.25) is 0 Å². The van der Waals surface area contributed by atoms with Gasteiger partial charge in [-0.2, -0.15) is 42.0 Å². The second kappa shape index (κ2) is 10.3. The normalized spacial score (nSPS) is 11.0. The molecule has 0 bridgehead atoms. The van der Waals surface area contributed by atoms with Crippen molar-refractivity contribution in [1.82, 2.24) is 9.97 Å². The van der Waals surface area contributed by atoms with Crippen molar-refractivity contribution in [3.8, 4) is 33.6 Å². The third-order valence-corrected chi connectivity index (χ3v) is 6.00. The van der Waals surface area contributed by atoms with E-state index in [2.05, 4.69) is 85.6 Å². The zero-order valence-electron chi connectivity index (χ0n) is 19.1. The van der Waals surface area contributed by atoms with E-state index < -0.39 is 0 Å². The Balaban J connectivity index is 0.00000274. The van der Waals surface area contributed by atoms with Gasteiger partial charge in [-0.3, -0.25) is 9.97 Å². The number of pyridine rings is 2. The fourth-order valence-corrected chi connectivity index (χ4v) is 4.03. The molecule has 0 aliphatic rings. The maximum absolute atomic E-state index is 4.99. The summed E-state index contributed by atoms with van der Waals surface area (Å²) in [5.74, 6) is 0. The summed E-state index contributed by atoms with van der Waals surface area (Å²) in [7, 11) is 0. The minimum atomic E-state index is -0.205. The minimum Gasteiger partial charge on any atom is -0.287 e. The van der Waals surface area contributed by atoms with Gasteiger partial charge in [-0.25, -0.2) is 5.56 Å². The summed E-state index contributed by atoms with van der Waals surface area (Å²) in [5, 5.41) is 0. The minimum absolute atomic E-state index is 0. The van der Waals surface area contributed by atoms with E-state index in [4.69, 9.17) is 4.98 Å². The van der Waals surface area contributed by atoms with Crippen LogP contribution in [0.15, 0.2) is 109 Å². The molecular weight excluding hydrogens is 595 g/mol. The summed E-state index contributed by atoms with van der Waals surface area (Å²) >= 11 is 0. The van der Waals surface area contributed by atoms with Gasteiger partial charge in [-0.1, -0.05) is 50.2 Å². The molecule has 3 heteroatoms. The fourth-order valence-electron chi connectivity index (χ4n) is 4.03. The van der Waals surface area contributed by atoms with E-state index >= 15 is 0 Å². The first-order chi connectivity index (χ1) is 16.1. The Hall–Kier alpha value is -3.35. The Kier molecular flexibility index (Phi) is 7.20. The van der Waals surface area contributed by atoms with Crippen molar-refractivity contribution in [1.29, 1.82) is 0 Å². The molecule has 2 aromatic heterocycles. The molecule has 0 saturated heterocycles. The number of nitrogens with zero attached hydrogens (tertiary/aromatic N) is 2. The molecule has 0 unspecified atom stereocenters. The predicted molar refractivity (Wildman–Crippen MR) is 135 cm³/mol. The Morgan fingerprint density at radius 1 is 0.676 bits per heavy atom. The van der Waals surface area contributed by atoms with Crippen LogP contribution in [-0.2, 0) is 26.5 Å². The average molecular weight is 620 g/mol. The fraction of sp³-hybridized carbons (Fsp3) is 0.0968. The number of benzene rings is 3. The van der Waals surface area contributed by atoms with Gasteiger partial charge in [0.2, 0.25) is 0 Å². The summed E-state index contributed by atoms with van der Waals surface area (Å²) in [6, 6.07) is 41.7. The molecule has 0 N–H and O–H groups in total. The second-order valence-electron chi connectivity index (χ2n) is 8.58. The molecule has 0 fully saturated rings. The summed E-state index contributed by atoms with van der Waals surface area (Å²) in [5.41, 5.74) is 7.99. The predicted octanol–water partition coefficient (Wildman–Crippen LogP) is 7.40. The molecule has 2 heterocycles. The molecular formula is C31H24N2Pt. The van der Waals surface area contributed by atoms with Crippen LogP contribution in [0.25, 0.3) is 33.6 Å². The van der Waals surface area contributed by atoms with Crippen LogP contribution in [0.1, 0.15) is 25.1 Å². The van der Waals surface area contributed by atoms with Gasteiger partial charge in [0.25, 0.3) is 0 Å². The van der Waals surface area contributed by atoms with E-state index in [0.717, 1.165) is 39.3 Å². The quantitative estimate of drug-likeness (QED) is 0.192. The molecule has 0 saturated carbocycles. The molecule has 2 nitrogen and oxygen atoms in total. The number of hydrogen-bond donors (Lipinski definition) is 0. The maximum Gasteiger partial charge on any atom is 2.00 e. The van der Waals surface area contributed by atoms with E-state index in [1.807, 2.05) is 54.7 Å². The smallest absolute Gasteiger partial charge is 0.287 e. The summed E-state index contributed by atoms with van der Waals surface area (Å²) in [4.78, 5) is 9.58. The van der Waals surface area contributed by atoms with E-state index in [-0.39, 0.29) is 26.5 Å². The molecule has 0 aliphatic carbocycles. The van der Waals surface area contributed by atoms with Crippen LogP contribution < -0.4 is 0 Å². The van der Waals surface area contributed by atoms with Crippen molar-refractivity contribution in [2.45, 2.75) is 19.3 Å². The first kappa shape index (κ1) is 23.8. The summed E-state index contributed by atoms with van der Waals surface area (Å²) in [6.07, 6.45) is 1.85. The number of rotatable bonds is 5. The van der Waals surface area contributed by atoms with Crippen LogP contribution in [0, 0.1) is 12.1 Å². The molecule has 0 spiro atoms. The maximum atomic E-state index is 4.99. The van der Waals surface area contributed by atoms with Gasteiger partial charge in [0.15, 0.2) is 0 Å². The average Bonchev–Trinajstić information content (AvgIpc) is 2.90. The first-order valence-electron chi connectivity index (χ1n) is 11.1. The standard InChI is InChI=1S/C31H24N2.Pt/c1-31(2,30-19-6-7-20-32-30)27-16-9-15-26(22-27)29-18-10-17-28(33-29)25-14-8-13-24(21-25)23-11-4-3-5-12-23;/h3-11,13-20,22H,1-2H3;/q-2;+2. The Morgan fingerprint density at radius 3 is 2.21 bits per heavy atom. The van der Waals surface area contributed by atoms with Crippen LogP contribution in [0.4, 0.5) is 0 Å². The van der Waals surface area contributed by atoms with Gasteiger partial charge in [0.1, 0.15) is 0 Å². The molecule has 0 atom stereocenters. The number of hydrogen-bond acceptors (Lipinski definition) is 2. The molecule has 0 aliphatic heterocycles. The van der Waals surface area contributed by atoms with Crippen molar-refractivity contribution in [2.75, 3.05) is 0 Å². The van der Waals surface area contributed by atoms with Gasteiger partial charge in [0.05, 0.1) is 11.4 Å². The van der Waals surface area contributed by atoms with Crippen LogP contribution in [0.3, 0.4) is 0 Å². The zero-order chi connectivity index (χ0) is 22.7. The van der Waals surface area contributed by atoms with Gasteiger partial charge < -0.3 is 0 Å². The SMILES string of the molecule is CC(C)(c1cccc(-c2cccc(-c3[c-]c(-c4[c-]cccc4)ccc3)n2)c1)c1ccccn1.[Pt+2]. The molecule has 0 amide bonds. The Labute approximate surface area is 216 Å². The summed E-state index contributed by atoms with van der Waals surface area (Å²) in [6.45, 7) is 4.42. The monoisotopic (exact) mass is 619 g/mol. The number of aromatic nitrogens is 2. The molecule has 0 radical (unpaired) electrons. The van der Waals surface area contributed by atoms with E-state index in [0.29, 0.717) is 0 Å². The van der Waals surface area contributed by atoms with Gasteiger partial charge in [-0.05, 0) is 35.4 Å². The first-order valence-corrected chi connectivity index (χ1v) is 11.1. The molecule has 5 rings (SSSR count). The van der Waals surface area contributed by atoms with Gasteiger partial charge in [-0.15, -0.1) is 23.8 Å². The Bertz CT molecular complexity index is 1380. The molecule has 34 heavy (non-hydrogen) atoms. The largest absolute Gasteiger partial charge is 2.00 e. The zero-order valence-corrected chi connectivity index (χ0v) is 21.4. The van der Waals surface area contributed by atoms with Crippen LogP contribution in [-0.4, -0.2) is 9.97 Å². The molecule has 5 aromatic rings. The van der Waals surface area contributed by atoms with E-state index in [1.165, 1.54) is 5.56 Å². The second-order valence-corrected chi connectivity index (χ2v) is 8.58. The van der Waals surface area contributed by atoms with Gasteiger partial charge >= 0.3 is 21.1 Å². The van der Waals surface area contributed by atoms with Crippen molar-refractivity contribution >= 4 is 0 Å². The molecule has 168 valence electrons. The van der Waals surface area contributed by atoms with Crippen molar-refractivity contribution < 1.29 is 21.1 Å². The third-order valence-electron chi connectivity index (χ3n) is 6.00. The summed E-state index contributed by atoms with van der Waals surface area (Å²) < 4.78 is 0. The topological polar surface area (TPSA) is 25.8 Å². The van der Waals surface area contributed by atoms with Crippen molar-refractivity contribution in [2.24, 2.45) is 0 Å². The van der Waals surface area contributed by atoms with Crippen LogP contribution in [0.5, 0.6) is 0 Å². The van der Waals surface area contributed by atoms with Crippen molar-refractivity contribution in [3.05, 3.63) is 133 Å². The van der Waals surface area contributed by atoms with E-state index in [9.17, 15) is 0 Å². The van der Waals surface area contributed by atoms with Crippen molar-refractivity contribution in [3.63, 3.8) is 0 Å². The third kappa shape index (κ3) is 4.93. The van der Waals surface area contributed by atoms with Gasteiger partial charge in [0, 0.05) is 17.3 Å².